The number of nitrogens with zero attached hydrogens (tertiary/aromatic N) is 1. The minimum Gasteiger partial charge on any atom is -0.480 e. The van der Waals surface area contributed by atoms with E-state index < -0.39 is 42.4 Å². The molecule has 0 saturated heterocycles. The zero-order valence-electron chi connectivity index (χ0n) is 10.4. The monoisotopic (exact) mass is 275 g/mol. The fraction of sp³-hybridized carbons (Fsp3) is 0.600. The molecule has 0 aliphatic carbocycles. The molecule has 0 aliphatic heterocycles. The molecule has 9 nitrogen and oxygen atoms in total. The standard InChI is InChI=1S/C10H17N3O6/c1-5(11)9(17)13(4-8(15)16)7(14)3-2-6(12)10(18)19/h5-6H,2-4,11-12H2,1H3,(H,15,16)(H,18,19)/t5-,6-/m0/s1. The van der Waals surface area contributed by atoms with Crippen LogP contribution in [0.15, 0.2) is 0 Å². The van der Waals surface area contributed by atoms with Crippen LogP contribution in [0.1, 0.15) is 19.8 Å². The van der Waals surface area contributed by atoms with Crippen molar-refractivity contribution in [3.63, 3.8) is 0 Å². The number of hydrogen-bond donors (Lipinski definition) is 4. The maximum atomic E-state index is 11.7. The smallest absolute Gasteiger partial charge is 0.323 e. The van der Waals surface area contributed by atoms with Crippen molar-refractivity contribution in [2.45, 2.75) is 31.8 Å². The number of nitrogens with two attached hydrogens (primary N) is 2. The molecule has 19 heavy (non-hydrogen) atoms. The molecule has 0 radical (unpaired) electrons. The van der Waals surface area contributed by atoms with E-state index in [1.165, 1.54) is 6.92 Å². The van der Waals surface area contributed by atoms with Crippen molar-refractivity contribution >= 4 is 23.8 Å². The lowest BCUT2D eigenvalue weighted by Gasteiger charge is -2.21. The molecule has 2 amide bonds. The predicted molar refractivity (Wildman–Crippen MR) is 62.9 cm³/mol. The van der Waals surface area contributed by atoms with Crippen molar-refractivity contribution in [3.05, 3.63) is 0 Å². The number of hydrogen-bond acceptors (Lipinski definition) is 6. The van der Waals surface area contributed by atoms with Crippen LogP contribution in [0.3, 0.4) is 0 Å². The molecule has 0 aromatic rings. The number of carbonyl (C=O) groups is 4. The molecule has 0 bridgehead atoms. The van der Waals surface area contributed by atoms with Gasteiger partial charge in [0, 0.05) is 6.42 Å². The Morgan fingerprint density at radius 1 is 1.16 bits per heavy atom. The minimum atomic E-state index is -1.37. The molecule has 9 heteroatoms. The van der Waals surface area contributed by atoms with Gasteiger partial charge in [-0.2, -0.15) is 0 Å². The molecule has 0 aromatic carbocycles. The number of imide groups is 1. The van der Waals surface area contributed by atoms with Crippen LogP contribution < -0.4 is 11.5 Å². The minimum absolute atomic E-state index is 0.198. The first kappa shape index (κ1) is 17.0. The van der Waals surface area contributed by atoms with Crippen LogP contribution in [0.2, 0.25) is 0 Å². The van der Waals surface area contributed by atoms with Gasteiger partial charge in [0.1, 0.15) is 12.6 Å². The van der Waals surface area contributed by atoms with E-state index in [1.807, 2.05) is 0 Å². The second-order valence-corrected chi connectivity index (χ2v) is 3.98. The predicted octanol–water partition coefficient (Wildman–Crippen LogP) is -2.03. The van der Waals surface area contributed by atoms with E-state index in [-0.39, 0.29) is 12.8 Å². The molecule has 0 spiro atoms. The van der Waals surface area contributed by atoms with Crippen LogP contribution in [-0.2, 0) is 19.2 Å². The van der Waals surface area contributed by atoms with E-state index in [0.29, 0.717) is 4.90 Å². The van der Waals surface area contributed by atoms with E-state index in [1.54, 1.807) is 0 Å². The van der Waals surface area contributed by atoms with Gasteiger partial charge >= 0.3 is 11.9 Å². The van der Waals surface area contributed by atoms with Crippen LogP contribution in [-0.4, -0.2) is 57.5 Å². The fourth-order valence-corrected chi connectivity index (χ4v) is 1.21. The summed E-state index contributed by atoms with van der Waals surface area (Å²) in [6.07, 6.45) is -0.546. The van der Waals surface area contributed by atoms with Crippen molar-refractivity contribution in [3.8, 4) is 0 Å². The quantitative estimate of drug-likeness (QED) is 0.413. The van der Waals surface area contributed by atoms with Gasteiger partial charge in [0.15, 0.2) is 0 Å². The summed E-state index contributed by atoms with van der Waals surface area (Å²) in [6.45, 7) is 0.495. The number of carbonyl (C=O) groups excluding carboxylic acids is 2. The van der Waals surface area contributed by atoms with Crippen molar-refractivity contribution in [2.24, 2.45) is 11.5 Å². The maximum Gasteiger partial charge on any atom is 0.323 e. The number of aliphatic carboxylic acids is 2. The van der Waals surface area contributed by atoms with Gasteiger partial charge in [-0.15, -0.1) is 0 Å². The maximum absolute atomic E-state index is 11.7. The molecular formula is C10H17N3O6. The number of amides is 2. The largest absolute Gasteiger partial charge is 0.480 e. The zero-order chi connectivity index (χ0) is 15.2. The first-order chi connectivity index (χ1) is 8.66. The Hall–Kier alpha value is -2.00. The summed E-state index contributed by atoms with van der Waals surface area (Å²) in [5.41, 5.74) is 10.5. The summed E-state index contributed by atoms with van der Waals surface area (Å²) >= 11 is 0. The number of carboxylic acid groups (broad SMARTS) is 2. The molecule has 6 N–H and O–H groups in total. The average molecular weight is 275 g/mol. The average Bonchev–Trinajstić information content (AvgIpc) is 2.30. The summed E-state index contributed by atoms with van der Waals surface area (Å²) in [5.74, 6) is -4.31. The SMILES string of the molecule is C[C@H](N)C(=O)N(CC(=O)O)C(=O)CC[C@H](N)C(=O)O. The molecule has 0 heterocycles. The van der Waals surface area contributed by atoms with Gasteiger partial charge in [-0.3, -0.25) is 24.1 Å². The highest BCUT2D eigenvalue weighted by atomic mass is 16.4. The van der Waals surface area contributed by atoms with E-state index in [0.717, 1.165) is 0 Å². The first-order valence-electron chi connectivity index (χ1n) is 5.46. The number of rotatable bonds is 7. The van der Waals surface area contributed by atoms with E-state index in [4.69, 9.17) is 21.7 Å². The Morgan fingerprint density at radius 3 is 2.05 bits per heavy atom. The zero-order valence-corrected chi connectivity index (χ0v) is 10.4. The molecule has 0 aliphatic rings. The van der Waals surface area contributed by atoms with E-state index >= 15 is 0 Å². The summed E-state index contributed by atoms with van der Waals surface area (Å²) < 4.78 is 0. The molecule has 0 saturated carbocycles. The summed E-state index contributed by atoms with van der Waals surface area (Å²) in [4.78, 5) is 44.8. The molecule has 2 atom stereocenters. The Kier molecular flexibility index (Phi) is 6.66. The highest BCUT2D eigenvalue weighted by Gasteiger charge is 2.27. The summed E-state index contributed by atoms with van der Waals surface area (Å²) in [6, 6.07) is -2.28. The second kappa shape index (κ2) is 7.44. The Balaban J connectivity index is 4.68. The Bertz CT molecular complexity index is 381. The third-order valence-electron chi connectivity index (χ3n) is 2.24. The highest BCUT2D eigenvalue weighted by Crippen LogP contribution is 2.03. The van der Waals surface area contributed by atoms with Gasteiger partial charge in [-0.05, 0) is 13.3 Å². The first-order valence-corrected chi connectivity index (χ1v) is 5.46. The van der Waals surface area contributed by atoms with Crippen LogP contribution in [0.25, 0.3) is 0 Å². The van der Waals surface area contributed by atoms with Crippen molar-refractivity contribution in [1.82, 2.24) is 4.90 Å². The normalized spacial score (nSPS) is 13.4. The lowest BCUT2D eigenvalue weighted by Crippen LogP contribution is -2.48. The second-order valence-electron chi connectivity index (χ2n) is 3.98. The van der Waals surface area contributed by atoms with Crippen LogP contribution in [0.4, 0.5) is 0 Å². The third-order valence-corrected chi connectivity index (χ3v) is 2.24. The Morgan fingerprint density at radius 2 is 1.68 bits per heavy atom. The molecular weight excluding hydrogens is 258 g/mol. The van der Waals surface area contributed by atoms with Gasteiger partial charge < -0.3 is 21.7 Å². The van der Waals surface area contributed by atoms with Gasteiger partial charge in [0.2, 0.25) is 11.8 Å². The van der Waals surface area contributed by atoms with E-state index in [9.17, 15) is 19.2 Å². The van der Waals surface area contributed by atoms with Crippen LogP contribution >= 0.6 is 0 Å². The lowest BCUT2D eigenvalue weighted by atomic mass is 10.1. The number of carboxylic acids is 2. The Labute approximate surface area is 109 Å². The van der Waals surface area contributed by atoms with Crippen molar-refractivity contribution < 1.29 is 29.4 Å². The molecule has 0 rings (SSSR count). The van der Waals surface area contributed by atoms with Gasteiger partial charge in [-0.1, -0.05) is 0 Å². The van der Waals surface area contributed by atoms with Gasteiger partial charge in [-0.25, -0.2) is 0 Å². The topological polar surface area (TPSA) is 164 Å². The lowest BCUT2D eigenvalue weighted by molar-refractivity contribution is -0.153. The van der Waals surface area contributed by atoms with Crippen molar-refractivity contribution in [1.29, 1.82) is 0 Å². The molecule has 0 aromatic heterocycles. The van der Waals surface area contributed by atoms with Gasteiger partial charge in [0.25, 0.3) is 0 Å². The highest BCUT2D eigenvalue weighted by molar-refractivity contribution is 6.00. The van der Waals surface area contributed by atoms with Crippen LogP contribution in [0, 0.1) is 0 Å². The molecule has 0 fully saturated rings. The van der Waals surface area contributed by atoms with Gasteiger partial charge in [0.05, 0.1) is 6.04 Å². The van der Waals surface area contributed by atoms with Crippen molar-refractivity contribution in [2.75, 3.05) is 6.54 Å². The van der Waals surface area contributed by atoms with E-state index in [2.05, 4.69) is 0 Å². The summed E-state index contributed by atoms with van der Waals surface area (Å²) in [5, 5.41) is 17.2. The van der Waals surface area contributed by atoms with Crippen LogP contribution in [0.5, 0.6) is 0 Å². The third kappa shape index (κ3) is 5.93. The fourth-order valence-electron chi connectivity index (χ4n) is 1.21. The molecule has 0 unspecified atom stereocenters. The summed E-state index contributed by atoms with van der Waals surface area (Å²) in [7, 11) is 0. The molecule has 108 valence electrons.